The van der Waals surface area contributed by atoms with Crippen molar-refractivity contribution in [3.8, 4) is 11.5 Å². The van der Waals surface area contributed by atoms with Gasteiger partial charge in [0.2, 0.25) is 0 Å². The Morgan fingerprint density at radius 1 is 1.39 bits per heavy atom. The summed E-state index contributed by atoms with van der Waals surface area (Å²) >= 11 is 0. The van der Waals surface area contributed by atoms with Crippen molar-refractivity contribution < 1.29 is 4.52 Å². The van der Waals surface area contributed by atoms with E-state index in [0.29, 0.717) is 18.4 Å². The summed E-state index contributed by atoms with van der Waals surface area (Å²) in [4.78, 5) is 6.30. The predicted molar refractivity (Wildman–Crippen MR) is 71.4 cm³/mol. The third-order valence-electron chi connectivity index (χ3n) is 2.84. The van der Waals surface area contributed by atoms with Gasteiger partial charge >= 0.3 is 0 Å². The van der Waals surface area contributed by atoms with Gasteiger partial charge in [0, 0.05) is 19.2 Å². The molecule has 1 heterocycles. The molecule has 0 radical (unpaired) electrons. The van der Waals surface area contributed by atoms with Crippen LogP contribution in [-0.2, 0) is 6.42 Å². The number of anilines is 1. The zero-order chi connectivity index (χ0) is 13.0. The molecule has 0 aliphatic carbocycles. The summed E-state index contributed by atoms with van der Waals surface area (Å²) < 4.78 is 5.27. The molecule has 0 saturated heterocycles. The molecule has 5 nitrogen and oxygen atoms in total. The Morgan fingerprint density at radius 3 is 2.94 bits per heavy atom. The Kier molecular flexibility index (Phi) is 3.94. The van der Waals surface area contributed by atoms with Crippen molar-refractivity contribution in [2.24, 2.45) is 5.73 Å². The predicted octanol–water partition coefficient (Wildman–Crippen LogP) is 1.69. The second-order valence-electron chi connectivity index (χ2n) is 4.15. The maximum atomic E-state index is 5.55. The number of nitrogens with two attached hydrogens (primary N) is 1. The highest BCUT2D eigenvalue weighted by molar-refractivity contribution is 5.55. The van der Waals surface area contributed by atoms with Crippen LogP contribution in [-0.4, -0.2) is 30.3 Å². The third-order valence-corrected chi connectivity index (χ3v) is 2.84. The van der Waals surface area contributed by atoms with Gasteiger partial charge in [-0.15, -0.1) is 0 Å². The Labute approximate surface area is 107 Å². The lowest BCUT2D eigenvalue weighted by atomic mass is 10.1. The van der Waals surface area contributed by atoms with Crippen LogP contribution in [0.5, 0.6) is 0 Å². The standard InChI is InChI=1S/C13H18N4O/c1-3-17(2)13-15-12(18-16-13)11-6-4-5-10(9-11)7-8-14/h4-6,9H,3,7-8,14H2,1-2H3. The summed E-state index contributed by atoms with van der Waals surface area (Å²) in [7, 11) is 1.93. The Morgan fingerprint density at radius 2 is 2.22 bits per heavy atom. The van der Waals surface area contributed by atoms with Gasteiger partial charge in [-0.3, -0.25) is 0 Å². The van der Waals surface area contributed by atoms with Gasteiger partial charge in [0.1, 0.15) is 0 Å². The van der Waals surface area contributed by atoms with E-state index in [2.05, 4.69) is 10.1 Å². The maximum absolute atomic E-state index is 5.55. The maximum Gasteiger partial charge on any atom is 0.266 e. The van der Waals surface area contributed by atoms with Gasteiger partial charge < -0.3 is 15.2 Å². The van der Waals surface area contributed by atoms with Crippen LogP contribution in [0.1, 0.15) is 12.5 Å². The number of hydrogen-bond donors (Lipinski definition) is 1. The lowest BCUT2D eigenvalue weighted by molar-refractivity contribution is 0.430. The summed E-state index contributed by atoms with van der Waals surface area (Å²) in [5.41, 5.74) is 7.67. The fourth-order valence-electron chi connectivity index (χ4n) is 1.66. The van der Waals surface area contributed by atoms with Crippen LogP contribution >= 0.6 is 0 Å². The Hall–Kier alpha value is -1.88. The van der Waals surface area contributed by atoms with Crippen molar-refractivity contribution in [3.63, 3.8) is 0 Å². The van der Waals surface area contributed by atoms with E-state index in [-0.39, 0.29) is 0 Å². The quantitative estimate of drug-likeness (QED) is 0.869. The number of rotatable bonds is 5. The highest BCUT2D eigenvalue weighted by Crippen LogP contribution is 2.20. The average molecular weight is 246 g/mol. The molecule has 0 aliphatic rings. The van der Waals surface area contributed by atoms with Crippen molar-refractivity contribution in [1.29, 1.82) is 0 Å². The molecule has 0 aliphatic heterocycles. The van der Waals surface area contributed by atoms with E-state index in [0.717, 1.165) is 18.5 Å². The minimum Gasteiger partial charge on any atom is -0.342 e. The highest BCUT2D eigenvalue weighted by atomic mass is 16.5. The Balaban J connectivity index is 2.25. The second-order valence-corrected chi connectivity index (χ2v) is 4.15. The first-order valence-corrected chi connectivity index (χ1v) is 6.08. The lowest BCUT2D eigenvalue weighted by Gasteiger charge is -2.08. The first kappa shape index (κ1) is 12.6. The van der Waals surface area contributed by atoms with Gasteiger partial charge in [0.25, 0.3) is 11.8 Å². The molecule has 0 atom stereocenters. The summed E-state index contributed by atoms with van der Waals surface area (Å²) in [6.07, 6.45) is 0.851. The van der Waals surface area contributed by atoms with Crippen LogP contribution in [0.25, 0.3) is 11.5 Å². The van der Waals surface area contributed by atoms with Crippen LogP contribution in [0, 0.1) is 0 Å². The molecule has 0 unspecified atom stereocenters. The van der Waals surface area contributed by atoms with Gasteiger partial charge in [0.15, 0.2) is 0 Å². The molecule has 0 saturated carbocycles. The second kappa shape index (κ2) is 5.64. The van der Waals surface area contributed by atoms with Gasteiger partial charge in [-0.1, -0.05) is 12.1 Å². The van der Waals surface area contributed by atoms with E-state index >= 15 is 0 Å². The zero-order valence-corrected chi connectivity index (χ0v) is 10.8. The zero-order valence-electron chi connectivity index (χ0n) is 10.8. The first-order chi connectivity index (χ1) is 8.74. The number of nitrogens with zero attached hydrogens (tertiary/aromatic N) is 3. The number of hydrogen-bond acceptors (Lipinski definition) is 5. The van der Waals surface area contributed by atoms with Crippen LogP contribution in [0.4, 0.5) is 5.95 Å². The summed E-state index contributed by atoms with van der Waals surface area (Å²) in [6.45, 7) is 3.52. The van der Waals surface area contributed by atoms with E-state index < -0.39 is 0 Å². The molecule has 1 aromatic heterocycles. The molecule has 0 amide bonds. The number of aromatic nitrogens is 2. The van der Waals surface area contributed by atoms with Crippen molar-refractivity contribution in [2.75, 3.05) is 25.0 Å². The molecule has 2 N–H and O–H groups in total. The molecule has 2 aromatic rings. The van der Waals surface area contributed by atoms with Crippen LogP contribution in [0.3, 0.4) is 0 Å². The molecule has 0 spiro atoms. The van der Waals surface area contributed by atoms with Gasteiger partial charge in [-0.05, 0) is 42.7 Å². The minimum atomic E-state index is 0.546. The summed E-state index contributed by atoms with van der Waals surface area (Å²) in [6, 6.07) is 8.03. The first-order valence-electron chi connectivity index (χ1n) is 6.08. The molecule has 0 bridgehead atoms. The van der Waals surface area contributed by atoms with Crippen molar-refractivity contribution in [2.45, 2.75) is 13.3 Å². The molecule has 96 valence electrons. The van der Waals surface area contributed by atoms with E-state index in [1.165, 1.54) is 5.56 Å². The monoisotopic (exact) mass is 246 g/mol. The van der Waals surface area contributed by atoms with Crippen molar-refractivity contribution in [3.05, 3.63) is 29.8 Å². The van der Waals surface area contributed by atoms with Gasteiger partial charge in [-0.2, -0.15) is 4.98 Å². The van der Waals surface area contributed by atoms with E-state index in [9.17, 15) is 0 Å². The largest absolute Gasteiger partial charge is 0.342 e. The number of benzene rings is 1. The molecular weight excluding hydrogens is 228 g/mol. The van der Waals surface area contributed by atoms with Crippen molar-refractivity contribution in [1.82, 2.24) is 10.1 Å². The molecule has 2 rings (SSSR count). The smallest absolute Gasteiger partial charge is 0.266 e. The van der Waals surface area contributed by atoms with Crippen molar-refractivity contribution >= 4 is 5.95 Å². The Bertz CT molecular complexity index is 509. The summed E-state index contributed by atoms with van der Waals surface area (Å²) in [5, 5.41) is 3.95. The normalized spacial score (nSPS) is 10.6. The average Bonchev–Trinajstić information content (AvgIpc) is 2.88. The van der Waals surface area contributed by atoms with E-state index in [1.54, 1.807) is 0 Å². The summed E-state index contributed by atoms with van der Waals surface area (Å²) in [5.74, 6) is 1.15. The van der Waals surface area contributed by atoms with Crippen LogP contribution in [0.2, 0.25) is 0 Å². The van der Waals surface area contributed by atoms with E-state index in [1.807, 2.05) is 43.1 Å². The fourth-order valence-corrected chi connectivity index (χ4v) is 1.66. The molecule has 18 heavy (non-hydrogen) atoms. The van der Waals surface area contributed by atoms with Gasteiger partial charge in [-0.25, -0.2) is 0 Å². The van der Waals surface area contributed by atoms with Crippen LogP contribution in [0.15, 0.2) is 28.8 Å². The molecule has 1 aromatic carbocycles. The molecule has 5 heteroatoms. The lowest BCUT2D eigenvalue weighted by Crippen LogP contribution is -2.16. The van der Waals surface area contributed by atoms with Gasteiger partial charge in [0.05, 0.1) is 0 Å². The highest BCUT2D eigenvalue weighted by Gasteiger charge is 2.11. The molecule has 0 fully saturated rings. The topological polar surface area (TPSA) is 68.2 Å². The van der Waals surface area contributed by atoms with E-state index in [4.69, 9.17) is 10.3 Å². The SMILES string of the molecule is CCN(C)c1noc(-c2cccc(CCN)c2)n1. The molecular formula is C13H18N4O. The fraction of sp³-hybridized carbons (Fsp3) is 0.385. The minimum absolute atomic E-state index is 0.546. The van der Waals surface area contributed by atoms with Crippen LogP contribution < -0.4 is 10.6 Å². The third kappa shape index (κ3) is 2.68.